The SMILES string of the molecule is CC(C)n1cnnc1CN(C)C(=O)c1ccc(C(=O)N2CCOCC2)cc1. The number of rotatable bonds is 5. The number of hydrogen-bond donors (Lipinski definition) is 0. The molecule has 0 N–H and O–H groups in total. The van der Waals surface area contributed by atoms with Gasteiger partial charge in [0.05, 0.1) is 19.8 Å². The normalized spacial score (nSPS) is 14.4. The summed E-state index contributed by atoms with van der Waals surface area (Å²) >= 11 is 0. The lowest BCUT2D eigenvalue weighted by atomic mass is 10.1. The third kappa shape index (κ3) is 4.33. The van der Waals surface area contributed by atoms with Crippen molar-refractivity contribution in [2.24, 2.45) is 0 Å². The van der Waals surface area contributed by atoms with Crippen LogP contribution in [0.15, 0.2) is 30.6 Å². The second-order valence-electron chi connectivity index (χ2n) is 6.89. The highest BCUT2D eigenvalue weighted by Crippen LogP contribution is 2.13. The highest BCUT2D eigenvalue weighted by atomic mass is 16.5. The van der Waals surface area contributed by atoms with Crippen molar-refractivity contribution in [3.05, 3.63) is 47.5 Å². The molecule has 1 aliphatic heterocycles. The molecule has 0 atom stereocenters. The van der Waals surface area contributed by atoms with Crippen molar-refractivity contribution in [1.82, 2.24) is 24.6 Å². The molecule has 8 nitrogen and oxygen atoms in total. The lowest BCUT2D eigenvalue weighted by molar-refractivity contribution is 0.0303. The van der Waals surface area contributed by atoms with Crippen LogP contribution in [0.5, 0.6) is 0 Å². The van der Waals surface area contributed by atoms with Gasteiger partial charge in [-0.25, -0.2) is 0 Å². The highest BCUT2D eigenvalue weighted by molar-refractivity contribution is 5.97. The van der Waals surface area contributed by atoms with Crippen LogP contribution in [0.2, 0.25) is 0 Å². The van der Waals surface area contributed by atoms with Crippen LogP contribution in [0.25, 0.3) is 0 Å². The van der Waals surface area contributed by atoms with Crippen molar-refractivity contribution < 1.29 is 14.3 Å². The lowest BCUT2D eigenvalue weighted by Crippen LogP contribution is -2.40. The monoisotopic (exact) mass is 371 g/mol. The Morgan fingerprint density at radius 2 is 1.78 bits per heavy atom. The number of morpholine rings is 1. The van der Waals surface area contributed by atoms with Gasteiger partial charge in [0.15, 0.2) is 5.82 Å². The summed E-state index contributed by atoms with van der Waals surface area (Å²) in [4.78, 5) is 28.5. The van der Waals surface area contributed by atoms with E-state index in [1.165, 1.54) is 0 Å². The average Bonchev–Trinajstić information content (AvgIpc) is 3.16. The number of amides is 2. The zero-order chi connectivity index (χ0) is 19.4. The molecule has 1 fully saturated rings. The molecule has 2 heterocycles. The van der Waals surface area contributed by atoms with Crippen molar-refractivity contribution in [3.63, 3.8) is 0 Å². The van der Waals surface area contributed by atoms with Gasteiger partial charge in [-0.2, -0.15) is 0 Å². The second kappa shape index (κ2) is 8.30. The molecule has 0 unspecified atom stereocenters. The van der Waals surface area contributed by atoms with Crippen LogP contribution < -0.4 is 0 Å². The van der Waals surface area contributed by atoms with Gasteiger partial charge in [-0.15, -0.1) is 10.2 Å². The van der Waals surface area contributed by atoms with Crippen LogP contribution in [0.1, 0.15) is 46.4 Å². The molecule has 3 rings (SSSR count). The minimum Gasteiger partial charge on any atom is -0.378 e. The van der Waals surface area contributed by atoms with Gasteiger partial charge in [0.1, 0.15) is 6.33 Å². The Morgan fingerprint density at radius 1 is 1.15 bits per heavy atom. The van der Waals surface area contributed by atoms with Crippen LogP contribution >= 0.6 is 0 Å². The Balaban J connectivity index is 1.66. The molecule has 8 heteroatoms. The Kier molecular flexibility index (Phi) is 5.85. The summed E-state index contributed by atoms with van der Waals surface area (Å²) in [6, 6.07) is 7.02. The fraction of sp³-hybridized carbons (Fsp3) is 0.474. The molecule has 0 bridgehead atoms. The first-order chi connectivity index (χ1) is 13.0. The zero-order valence-electron chi connectivity index (χ0n) is 16.0. The molecule has 0 radical (unpaired) electrons. The first-order valence-electron chi connectivity index (χ1n) is 9.08. The Labute approximate surface area is 158 Å². The molecule has 0 saturated carbocycles. The second-order valence-corrected chi connectivity index (χ2v) is 6.89. The maximum atomic E-state index is 12.7. The summed E-state index contributed by atoms with van der Waals surface area (Å²) < 4.78 is 7.21. The molecule has 1 aromatic carbocycles. The molecule has 1 aliphatic rings. The average molecular weight is 371 g/mol. The van der Waals surface area contributed by atoms with E-state index < -0.39 is 0 Å². The van der Waals surface area contributed by atoms with Gasteiger partial charge >= 0.3 is 0 Å². The van der Waals surface area contributed by atoms with Crippen molar-refractivity contribution in [1.29, 1.82) is 0 Å². The summed E-state index contributed by atoms with van der Waals surface area (Å²) in [6.07, 6.45) is 1.67. The number of nitrogens with zero attached hydrogens (tertiary/aromatic N) is 5. The number of ether oxygens (including phenoxy) is 1. The van der Waals surface area contributed by atoms with Crippen molar-refractivity contribution >= 4 is 11.8 Å². The number of benzene rings is 1. The van der Waals surface area contributed by atoms with E-state index in [0.717, 1.165) is 5.82 Å². The van der Waals surface area contributed by atoms with E-state index in [1.54, 1.807) is 47.4 Å². The minimum atomic E-state index is -0.126. The summed E-state index contributed by atoms with van der Waals surface area (Å²) in [5.41, 5.74) is 1.11. The number of carbonyl (C=O) groups is 2. The van der Waals surface area contributed by atoms with E-state index in [9.17, 15) is 9.59 Å². The Bertz CT molecular complexity index is 794. The predicted molar refractivity (Wildman–Crippen MR) is 99.4 cm³/mol. The van der Waals surface area contributed by atoms with Crippen molar-refractivity contribution in [3.8, 4) is 0 Å². The van der Waals surface area contributed by atoms with Gasteiger partial charge in [0.25, 0.3) is 11.8 Å². The Hall–Kier alpha value is -2.74. The van der Waals surface area contributed by atoms with Crippen LogP contribution in [0, 0.1) is 0 Å². The highest BCUT2D eigenvalue weighted by Gasteiger charge is 2.20. The van der Waals surface area contributed by atoms with Crippen LogP contribution in [-0.4, -0.2) is 69.7 Å². The fourth-order valence-corrected chi connectivity index (χ4v) is 3.02. The van der Waals surface area contributed by atoms with Crippen LogP contribution in [0.4, 0.5) is 0 Å². The van der Waals surface area contributed by atoms with Crippen molar-refractivity contribution in [2.45, 2.75) is 26.4 Å². The first kappa shape index (κ1) is 19.0. The third-order valence-electron chi connectivity index (χ3n) is 4.61. The van der Waals surface area contributed by atoms with Crippen molar-refractivity contribution in [2.75, 3.05) is 33.4 Å². The standard InChI is InChI=1S/C19H25N5O3/c1-14(2)24-13-20-21-17(24)12-22(3)18(25)15-4-6-16(7-5-15)19(26)23-8-10-27-11-9-23/h4-7,13-14H,8-12H2,1-3H3. The van der Waals surface area contributed by atoms with Gasteiger partial charge in [-0.05, 0) is 38.1 Å². The molecule has 1 aromatic heterocycles. The fourth-order valence-electron chi connectivity index (χ4n) is 3.02. The van der Waals surface area contributed by atoms with E-state index in [2.05, 4.69) is 10.2 Å². The Morgan fingerprint density at radius 3 is 2.41 bits per heavy atom. The van der Waals surface area contributed by atoms with E-state index in [-0.39, 0.29) is 17.9 Å². The quantitative estimate of drug-likeness (QED) is 0.798. The minimum absolute atomic E-state index is 0.0318. The van der Waals surface area contributed by atoms with E-state index in [4.69, 9.17) is 4.74 Å². The smallest absolute Gasteiger partial charge is 0.254 e. The van der Waals surface area contributed by atoms with E-state index in [1.807, 2.05) is 18.4 Å². The number of carbonyl (C=O) groups excluding carboxylic acids is 2. The van der Waals surface area contributed by atoms with Gasteiger partial charge in [-0.3, -0.25) is 9.59 Å². The number of aromatic nitrogens is 3. The molecular weight excluding hydrogens is 346 g/mol. The zero-order valence-corrected chi connectivity index (χ0v) is 16.0. The summed E-state index contributed by atoms with van der Waals surface area (Å²) in [5, 5.41) is 8.03. The topological polar surface area (TPSA) is 80.6 Å². The predicted octanol–water partition coefficient (Wildman–Crippen LogP) is 1.60. The molecule has 2 aromatic rings. The molecular formula is C19H25N5O3. The summed E-state index contributed by atoms with van der Waals surface area (Å²) in [5.74, 6) is 0.578. The van der Waals surface area contributed by atoms with Gasteiger partial charge in [-0.1, -0.05) is 0 Å². The molecule has 144 valence electrons. The first-order valence-corrected chi connectivity index (χ1v) is 9.08. The van der Waals surface area contributed by atoms with E-state index >= 15 is 0 Å². The van der Waals surface area contributed by atoms with Gasteiger partial charge < -0.3 is 19.1 Å². The van der Waals surface area contributed by atoms with Crippen LogP contribution in [-0.2, 0) is 11.3 Å². The van der Waals surface area contributed by atoms with Crippen LogP contribution in [0.3, 0.4) is 0 Å². The lowest BCUT2D eigenvalue weighted by Gasteiger charge is -2.27. The van der Waals surface area contributed by atoms with E-state index in [0.29, 0.717) is 44.0 Å². The molecule has 27 heavy (non-hydrogen) atoms. The summed E-state index contributed by atoms with van der Waals surface area (Å²) in [6.45, 7) is 6.77. The maximum absolute atomic E-state index is 12.7. The van der Waals surface area contributed by atoms with Gasteiger partial charge in [0, 0.05) is 37.3 Å². The largest absolute Gasteiger partial charge is 0.378 e. The van der Waals surface area contributed by atoms with Gasteiger partial charge in [0.2, 0.25) is 0 Å². The molecule has 0 aliphatic carbocycles. The maximum Gasteiger partial charge on any atom is 0.254 e. The third-order valence-corrected chi connectivity index (χ3v) is 4.61. The molecule has 2 amide bonds. The molecule has 0 spiro atoms. The molecule has 1 saturated heterocycles. The number of hydrogen-bond acceptors (Lipinski definition) is 5. The summed E-state index contributed by atoms with van der Waals surface area (Å²) in [7, 11) is 1.73.